The van der Waals surface area contributed by atoms with Gasteiger partial charge < -0.3 is 30.6 Å². The van der Waals surface area contributed by atoms with Crippen molar-refractivity contribution in [2.45, 2.75) is 106 Å². The van der Waals surface area contributed by atoms with Gasteiger partial charge in [-0.3, -0.25) is 20.0 Å². The number of hydrogen-bond acceptors (Lipinski definition) is 7. The number of carbonyl (C=O) groups excluding carboxylic acids is 3. The van der Waals surface area contributed by atoms with Crippen LogP contribution in [0.3, 0.4) is 0 Å². The number of amides is 5. The molecule has 1 fully saturated rings. The molecule has 4 rings (SSSR count). The summed E-state index contributed by atoms with van der Waals surface area (Å²) in [6.07, 6.45) is -1.62. The Morgan fingerprint density at radius 2 is 1.58 bits per heavy atom. The van der Waals surface area contributed by atoms with Gasteiger partial charge in [0.05, 0.1) is 24.4 Å². The Labute approximate surface area is 325 Å². The van der Waals surface area contributed by atoms with E-state index < -0.39 is 41.6 Å². The van der Waals surface area contributed by atoms with Crippen LogP contribution in [0.25, 0.3) is 0 Å². The topological polar surface area (TPSA) is 167 Å². The number of carbonyl (C=O) groups is 4. The number of benzene rings is 2. The van der Waals surface area contributed by atoms with Crippen molar-refractivity contribution in [3.05, 3.63) is 100 Å². The number of hydrogen-bond donors (Lipinski definition) is 5. The second-order valence-corrected chi connectivity index (χ2v) is 16.0. The van der Waals surface area contributed by atoms with Crippen LogP contribution in [0.15, 0.2) is 66.7 Å². The molecule has 1 saturated heterocycles. The lowest BCUT2D eigenvalue weighted by molar-refractivity contribution is -0.132. The van der Waals surface area contributed by atoms with E-state index in [-0.39, 0.29) is 37.4 Å². The number of carboxylic acid groups (broad SMARTS) is 1. The van der Waals surface area contributed by atoms with E-state index in [2.05, 4.69) is 21.0 Å². The van der Waals surface area contributed by atoms with Gasteiger partial charge in [-0.1, -0.05) is 107 Å². The Kier molecular flexibility index (Phi) is 14.8. The zero-order valence-electron chi connectivity index (χ0n) is 33.5. The Morgan fingerprint density at radius 1 is 0.909 bits per heavy atom. The minimum absolute atomic E-state index is 0.103. The first-order valence-corrected chi connectivity index (χ1v) is 19.1. The lowest BCUT2D eigenvalue weighted by atomic mass is 9.86. The van der Waals surface area contributed by atoms with Gasteiger partial charge in [0.15, 0.2) is 0 Å². The van der Waals surface area contributed by atoms with Crippen LogP contribution in [0.5, 0.6) is 0 Å². The quantitative estimate of drug-likeness (QED) is 0.121. The predicted octanol–water partition coefficient (Wildman–Crippen LogP) is 4.96. The summed E-state index contributed by atoms with van der Waals surface area (Å²) in [7, 11) is 0. The van der Waals surface area contributed by atoms with Crippen LogP contribution in [0, 0.1) is 32.1 Å². The van der Waals surface area contributed by atoms with Gasteiger partial charge in [-0.2, -0.15) is 0 Å². The summed E-state index contributed by atoms with van der Waals surface area (Å²) in [6.45, 7) is 16.3. The molecule has 0 radical (unpaired) electrons. The molecule has 13 heteroatoms. The maximum absolute atomic E-state index is 14.4. The number of aliphatic hydroxyl groups excluding tert-OH is 1. The molecule has 13 nitrogen and oxygen atoms in total. The van der Waals surface area contributed by atoms with E-state index >= 15 is 0 Å². The lowest BCUT2D eigenvalue weighted by Gasteiger charge is -2.36. The van der Waals surface area contributed by atoms with Crippen molar-refractivity contribution < 1.29 is 29.4 Å². The molecule has 2 aromatic carbocycles. The molecule has 0 saturated carbocycles. The molecule has 0 aliphatic carbocycles. The zero-order chi connectivity index (χ0) is 40.4. The van der Waals surface area contributed by atoms with Gasteiger partial charge in [0.1, 0.15) is 12.1 Å². The predicted molar refractivity (Wildman–Crippen MR) is 212 cm³/mol. The minimum Gasteiger partial charge on any atom is -0.465 e. The molecule has 2 heterocycles. The number of rotatable bonds is 17. The summed E-state index contributed by atoms with van der Waals surface area (Å²) in [5.74, 6) is -1.14. The average molecular weight is 758 g/mol. The monoisotopic (exact) mass is 757 g/mol. The SMILES string of the molecule is CC[C@H](C)[C@@H](C(=O)N[C@@H](Cc1ccccc1)[C@@H](O)CN(Cc1cc(C)cc(C)c1)NC(=O)[C@@H](NC(=O)O)C(C)(C)C)N1CCN(Cc2cccc(C)n2)C1=O. The van der Waals surface area contributed by atoms with Gasteiger partial charge in [0, 0.05) is 31.9 Å². The standard InChI is InChI=1S/C42H59N7O6/c1-9-29(4)36(49-19-18-47(41(49)55)25-33-17-13-14-30(5)43-33)38(51)44-34(23-31-15-11-10-12-16-31)35(50)26-48(24-32-21-27(2)20-28(3)22-32)46-39(52)37(42(6,7)8)45-40(53)54/h10-17,20-22,29,34-37,45,50H,9,18-19,23-26H2,1-8H3,(H,44,51)(H,46,52)(H,53,54)/t29-,34-,35-,36-,37+/m0/s1. The van der Waals surface area contributed by atoms with Crippen LogP contribution in [0.1, 0.15) is 74.7 Å². The van der Waals surface area contributed by atoms with Crippen molar-refractivity contribution >= 4 is 23.9 Å². The fraction of sp³-hybridized carbons (Fsp3) is 0.500. The Bertz CT molecular complexity index is 1760. The minimum atomic E-state index is -1.33. The normalized spacial score (nSPS) is 16.0. The summed E-state index contributed by atoms with van der Waals surface area (Å²) in [5, 5.41) is 28.6. The number of hydrazine groups is 1. The van der Waals surface area contributed by atoms with Crippen LogP contribution < -0.4 is 16.1 Å². The summed E-state index contributed by atoms with van der Waals surface area (Å²) in [6, 6.07) is 18.3. The molecule has 5 amide bonds. The first-order valence-electron chi connectivity index (χ1n) is 19.1. The highest BCUT2D eigenvalue weighted by Crippen LogP contribution is 2.24. The van der Waals surface area contributed by atoms with E-state index in [1.807, 2.05) is 101 Å². The van der Waals surface area contributed by atoms with Gasteiger partial charge in [-0.25, -0.2) is 14.6 Å². The Morgan fingerprint density at radius 3 is 2.18 bits per heavy atom. The smallest absolute Gasteiger partial charge is 0.405 e. The molecule has 5 N–H and O–H groups in total. The fourth-order valence-corrected chi connectivity index (χ4v) is 7.14. The molecule has 3 aromatic rings. The van der Waals surface area contributed by atoms with Crippen molar-refractivity contribution in [3.8, 4) is 0 Å². The molecule has 1 aliphatic heterocycles. The second-order valence-electron chi connectivity index (χ2n) is 16.0. The fourth-order valence-electron chi connectivity index (χ4n) is 7.14. The zero-order valence-corrected chi connectivity index (χ0v) is 33.5. The highest BCUT2D eigenvalue weighted by Gasteiger charge is 2.41. The second kappa shape index (κ2) is 19.0. The van der Waals surface area contributed by atoms with Crippen LogP contribution in [-0.2, 0) is 29.1 Å². The summed E-state index contributed by atoms with van der Waals surface area (Å²) in [5.41, 5.74) is 7.56. The van der Waals surface area contributed by atoms with Crippen molar-refractivity contribution in [3.63, 3.8) is 0 Å². The van der Waals surface area contributed by atoms with Crippen LogP contribution in [0.2, 0.25) is 0 Å². The van der Waals surface area contributed by atoms with Gasteiger partial charge in [-0.05, 0) is 61.8 Å². The van der Waals surface area contributed by atoms with E-state index in [0.717, 1.165) is 33.6 Å². The lowest BCUT2D eigenvalue weighted by Crippen LogP contribution is -2.60. The molecule has 55 heavy (non-hydrogen) atoms. The van der Waals surface area contributed by atoms with Crippen LogP contribution >= 0.6 is 0 Å². The van der Waals surface area contributed by atoms with Crippen LogP contribution in [0.4, 0.5) is 9.59 Å². The average Bonchev–Trinajstić information content (AvgIpc) is 3.44. The molecule has 0 spiro atoms. The summed E-state index contributed by atoms with van der Waals surface area (Å²) >= 11 is 0. The van der Waals surface area contributed by atoms with E-state index in [0.29, 0.717) is 26.1 Å². The molecular formula is C42H59N7O6. The molecule has 0 bridgehead atoms. The van der Waals surface area contributed by atoms with Crippen molar-refractivity contribution in [1.29, 1.82) is 0 Å². The molecular weight excluding hydrogens is 699 g/mol. The molecule has 298 valence electrons. The summed E-state index contributed by atoms with van der Waals surface area (Å²) < 4.78 is 0. The largest absolute Gasteiger partial charge is 0.465 e. The number of pyridine rings is 1. The number of nitrogens with zero attached hydrogens (tertiary/aromatic N) is 4. The number of aliphatic hydroxyl groups is 1. The van der Waals surface area contributed by atoms with Gasteiger partial charge >= 0.3 is 12.1 Å². The van der Waals surface area contributed by atoms with Gasteiger partial charge in [0.2, 0.25) is 5.91 Å². The Hall–Kier alpha value is -5.01. The third-order valence-corrected chi connectivity index (χ3v) is 10.0. The maximum atomic E-state index is 14.4. The van der Waals surface area contributed by atoms with Gasteiger partial charge in [-0.15, -0.1) is 0 Å². The number of nitrogens with one attached hydrogen (secondary N) is 3. The van der Waals surface area contributed by atoms with E-state index in [1.54, 1.807) is 35.6 Å². The third-order valence-electron chi connectivity index (χ3n) is 10.0. The molecule has 5 atom stereocenters. The van der Waals surface area contributed by atoms with E-state index in [9.17, 15) is 29.4 Å². The Balaban J connectivity index is 1.62. The van der Waals surface area contributed by atoms with E-state index in [4.69, 9.17) is 0 Å². The molecule has 1 aliphatic rings. The van der Waals surface area contributed by atoms with Crippen molar-refractivity contribution in [2.24, 2.45) is 11.3 Å². The first-order chi connectivity index (χ1) is 25.9. The maximum Gasteiger partial charge on any atom is 0.405 e. The van der Waals surface area contributed by atoms with Crippen molar-refractivity contribution in [2.75, 3.05) is 19.6 Å². The highest BCUT2D eigenvalue weighted by molar-refractivity contribution is 5.88. The molecule has 0 unspecified atom stereocenters. The first kappa shape index (κ1) is 42.7. The van der Waals surface area contributed by atoms with Gasteiger partial charge in [0.25, 0.3) is 5.91 Å². The number of aryl methyl sites for hydroxylation is 3. The number of urea groups is 1. The number of aromatic nitrogens is 1. The third kappa shape index (κ3) is 12.2. The van der Waals surface area contributed by atoms with E-state index in [1.165, 1.54) is 0 Å². The molecule has 1 aromatic heterocycles. The van der Waals surface area contributed by atoms with Crippen molar-refractivity contribution in [1.82, 2.24) is 35.9 Å². The summed E-state index contributed by atoms with van der Waals surface area (Å²) in [4.78, 5) is 61.6. The van der Waals surface area contributed by atoms with Crippen LogP contribution in [-0.4, -0.2) is 97.8 Å². The highest BCUT2D eigenvalue weighted by atomic mass is 16.4.